The van der Waals surface area contributed by atoms with Crippen LogP contribution in [0.3, 0.4) is 0 Å². The number of likely N-dealkylation sites (N-methyl/N-ethyl adjacent to an activating group) is 1. The summed E-state index contributed by atoms with van der Waals surface area (Å²) in [5, 5.41) is 3.77. The van der Waals surface area contributed by atoms with E-state index in [4.69, 9.17) is 4.74 Å². The average Bonchev–Trinajstić information content (AvgIpc) is 2.45. The quantitative estimate of drug-likeness (QED) is 0.814. The Kier molecular flexibility index (Phi) is 6.97. The lowest BCUT2D eigenvalue weighted by molar-refractivity contribution is -0.0361. The molecule has 5 unspecified atom stereocenters. The molecule has 1 saturated heterocycles. The van der Waals surface area contributed by atoms with Gasteiger partial charge in [-0.25, -0.2) is 0 Å². The standard InChI is InChI=1S/C18H36N2O/c1-5-10-21-16-8-7-9-20(13-16)18-15(4)11-14(3)12-17(18)19-6-2/h14-19H,5-13H2,1-4H3. The van der Waals surface area contributed by atoms with E-state index < -0.39 is 0 Å². The number of hydrogen-bond acceptors (Lipinski definition) is 3. The highest BCUT2D eigenvalue weighted by Gasteiger charge is 2.38. The molecule has 1 N–H and O–H groups in total. The number of ether oxygens (including phenoxy) is 1. The van der Waals surface area contributed by atoms with Crippen LogP contribution in [0.25, 0.3) is 0 Å². The molecule has 0 spiro atoms. The first-order chi connectivity index (χ1) is 10.2. The molecule has 0 radical (unpaired) electrons. The van der Waals surface area contributed by atoms with E-state index in [1.165, 1.54) is 32.2 Å². The van der Waals surface area contributed by atoms with Crippen molar-refractivity contribution in [3.63, 3.8) is 0 Å². The van der Waals surface area contributed by atoms with Crippen LogP contribution in [0.2, 0.25) is 0 Å². The fourth-order valence-corrected chi connectivity index (χ4v) is 4.58. The smallest absolute Gasteiger partial charge is 0.0702 e. The maximum atomic E-state index is 6.04. The minimum atomic E-state index is 0.465. The molecule has 3 nitrogen and oxygen atoms in total. The van der Waals surface area contributed by atoms with Gasteiger partial charge in [0.05, 0.1) is 6.10 Å². The average molecular weight is 296 g/mol. The Morgan fingerprint density at radius 2 is 2.00 bits per heavy atom. The SMILES string of the molecule is CCCOC1CCCN(C2C(C)CC(C)CC2NCC)C1. The van der Waals surface area contributed by atoms with Gasteiger partial charge in [-0.2, -0.15) is 0 Å². The normalized spacial score (nSPS) is 38.6. The van der Waals surface area contributed by atoms with Crippen molar-refractivity contribution in [3.8, 4) is 0 Å². The Balaban J connectivity index is 1.98. The van der Waals surface area contributed by atoms with E-state index in [1.807, 2.05) is 0 Å². The van der Waals surface area contributed by atoms with Gasteiger partial charge in [0.15, 0.2) is 0 Å². The van der Waals surface area contributed by atoms with Crippen LogP contribution in [-0.4, -0.2) is 49.3 Å². The van der Waals surface area contributed by atoms with Crippen molar-refractivity contribution in [1.82, 2.24) is 10.2 Å². The molecule has 0 amide bonds. The van der Waals surface area contributed by atoms with Crippen LogP contribution in [0.4, 0.5) is 0 Å². The number of rotatable bonds is 6. The number of hydrogen-bond donors (Lipinski definition) is 1. The lowest BCUT2D eigenvalue weighted by Gasteiger charge is -2.48. The van der Waals surface area contributed by atoms with Gasteiger partial charge in [0.1, 0.15) is 0 Å². The number of piperidine rings is 1. The van der Waals surface area contributed by atoms with E-state index in [9.17, 15) is 0 Å². The van der Waals surface area contributed by atoms with Crippen molar-refractivity contribution in [2.45, 2.75) is 78.0 Å². The lowest BCUT2D eigenvalue weighted by Crippen LogP contribution is -2.59. The maximum absolute atomic E-state index is 6.04. The molecule has 2 aliphatic rings. The summed E-state index contributed by atoms with van der Waals surface area (Å²) in [5.74, 6) is 1.65. The van der Waals surface area contributed by atoms with Crippen molar-refractivity contribution in [2.24, 2.45) is 11.8 Å². The third-order valence-corrected chi connectivity index (χ3v) is 5.28. The second-order valence-corrected chi connectivity index (χ2v) is 7.34. The summed E-state index contributed by atoms with van der Waals surface area (Å²) in [4.78, 5) is 2.74. The second kappa shape index (κ2) is 8.50. The van der Waals surface area contributed by atoms with Crippen molar-refractivity contribution in [2.75, 3.05) is 26.2 Å². The third-order valence-electron chi connectivity index (χ3n) is 5.28. The molecule has 0 aromatic heterocycles. The fraction of sp³-hybridized carbons (Fsp3) is 1.00. The van der Waals surface area contributed by atoms with Gasteiger partial charge in [0.25, 0.3) is 0 Å². The largest absolute Gasteiger partial charge is 0.377 e. The molecule has 124 valence electrons. The minimum Gasteiger partial charge on any atom is -0.377 e. The molecule has 0 aromatic rings. The van der Waals surface area contributed by atoms with E-state index in [0.717, 1.165) is 38.0 Å². The Bertz CT molecular complexity index is 297. The first kappa shape index (κ1) is 17.2. The van der Waals surface area contributed by atoms with Crippen LogP contribution in [0.5, 0.6) is 0 Å². The van der Waals surface area contributed by atoms with E-state index in [-0.39, 0.29) is 0 Å². The van der Waals surface area contributed by atoms with Crippen LogP contribution in [-0.2, 0) is 4.74 Å². The van der Waals surface area contributed by atoms with Crippen molar-refractivity contribution in [1.29, 1.82) is 0 Å². The third kappa shape index (κ3) is 4.67. The van der Waals surface area contributed by atoms with Gasteiger partial charge in [-0.15, -0.1) is 0 Å². The Labute approximate surface area is 131 Å². The van der Waals surface area contributed by atoms with Gasteiger partial charge in [-0.1, -0.05) is 27.7 Å². The van der Waals surface area contributed by atoms with Crippen molar-refractivity contribution < 1.29 is 4.74 Å². The fourth-order valence-electron chi connectivity index (χ4n) is 4.58. The number of nitrogens with one attached hydrogen (secondary N) is 1. The highest BCUT2D eigenvalue weighted by atomic mass is 16.5. The van der Waals surface area contributed by atoms with E-state index in [1.54, 1.807) is 0 Å². The van der Waals surface area contributed by atoms with Gasteiger partial charge in [-0.05, 0) is 57.0 Å². The van der Waals surface area contributed by atoms with Gasteiger partial charge >= 0.3 is 0 Å². The molecule has 0 aromatic carbocycles. The van der Waals surface area contributed by atoms with Crippen LogP contribution in [0.15, 0.2) is 0 Å². The molecule has 1 heterocycles. The molecule has 21 heavy (non-hydrogen) atoms. The molecule has 3 heteroatoms. The Morgan fingerprint density at radius 1 is 1.19 bits per heavy atom. The topological polar surface area (TPSA) is 24.5 Å². The summed E-state index contributed by atoms with van der Waals surface area (Å²) in [6, 6.07) is 1.37. The first-order valence-electron chi connectivity index (χ1n) is 9.24. The maximum Gasteiger partial charge on any atom is 0.0702 e. The van der Waals surface area contributed by atoms with Crippen molar-refractivity contribution in [3.05, 3.63) is 0 Å². The minimum absolute atomic E-state index is 0.465. The monoisotopic (exact) mass is 296 g/mol. The molecule has 1 aliphatic carbocycles. The van der Waals surface area contributed by atoms with E-state index in [0.29, 0.717) is 18.2 Å². The summed E-state index contributed by atoms with van der Waals surface area (Å²) in [7, 11) is 0. The van der Waals surface area contributed by atoms with Gasteiger partial charge in [0.2, 0.25) is 0 Å². The zero-order valence-corrected chi connectivity index (χ0v) is 14.6. The molecule has 1 saturated carbocycles. The zero-order valence-electron chi connectivity index (χ0n) is 14.6. The highest BCUT2D eigenvalue weighted by Crippen LogP contribution is 2.34. The second-order valence-electron chi connectivity index (χ2n) is 7.34. The predicted octanol–water partition coefficient (Wildman–Crippen LogP) is 3.29. The summed E-state index contributed by atoms with van der Waals surface area (Å²) in [6.45, 7) is 13.7. The van der Waals surface area contributed by atoms with Crippen LogP contribution in [0.1, 0.15) is 59.8 Å². The summed E-state index contributed by atoms with van der Waals surface area (Å²) in [6.07, 6.45) is 6.86. The Morgan fingerprint density at radius 3 is 2.71 bits per heavy atom. The summed E-state index contributed by atoms with van der Waals surface area (Å²) < 4.78 is 6.04. The van der Waals surface area contributed by atoms with Gasteiger partial charge < -0.3 is 10.1 Å². The highest BCUT2D eigenvalue weighted by molar-refractivity contribution is 4.95. The molecule has 2 rings (SSSR count). The molecule has 5 atom stereocenters. The van der Waals surface area contributed by atoms with Crippen LogP contribution in [0, 0.1) is 11.8 Å². The van der Waals surface area contributed by atoms with Gasteiger partial charge in [-0.3, -0.25) is 4.90 Å². The number of likely N-dealkylation sites (tertiary alicyclic amines) is 1. The van der Waals surface area contributed by atoms with Crippen LogP contribution >= 0.6 is 0 Å². The van der Waals surface area contributed by atoms with Crippen LogP contribution < -0.4 is 5.32 Å². The molecular formula is C18H36N2O. The zero-order chi connectivity index (χ0) is 15.2. The Hall–Kier alpha value is -0.120. The molecular weight excluding hydrogens is 260 g/mol. The van der Waals surface area contributed by atoms with E-state index in [2.05, 4.69) is 37.9 Å². The number of nitrogens with zero attached hydrogens (tertiary/aromatic N) is 1. The molecule has 0 bridgehead atoms. The summed E-state index contributed by atoms with van der Waals surface area (Å²) >= 11 is 0. The molecule has 2 fully saturated rings. The molecule has 1 aliphatic heterocycles. The van der Waals surface area contributed by atoms with Crippen molar-refractivity contribution >= 4 is 0 Å². The summed E-state index contributed by atoms with van der Waals surface area (Å²) in [5.41, 5.74) is 0. The lowest BCUT2D eigenvalue weighted by atomic mass is 9.75. The van der Waals surface area contributed by atoms with Gasteiger partial charge in [0, 0.05) is 25.2 Å². The first-order valence-corrected chi connectivity index (χ1v) is 9.24. The van der Waals surface area contributed by atoms with E-state index >= 15 is 0 Å². The predicted molar refractivity (Wildman–Crippen MR) is 89.7 cm³/mol.